The molecule has 0 radical (unpaired) electrons. The van der Waals surface area contributed by atoms with Gasteiger partial charge in [0.05, 0.1) is 12.1 Å². The van der Waals surface area contributed by atoms with Gasteiger partial charge in [0.2, 0.25) is 12.3 Å². The molecule has 0 fully saturated rings. The second-order valence-corrected chi connectivity index (χ2v) is 15.5. The molecular weight excluding hydrogens is 671 g/mol. The molecule has 8 nitrogen and oxygen atoms in total. The molecule has 288 valence electrons. The number of carbonyl (C=O) groups excluding carboxylic acids is 3. The number of hydrogen-bond acceptors (Lipinski definition) is 4. The lowest BCUT2D eigenvalue weighted by Gasteiger charge is -2.36. The first-order chi connectivity index (χ1) is 26.0. The van der Waals surface area contributed by atoms with Gasteiger partial charge >= 0.3 is 0 Å². The van der Waals surface area contributed by atoms with Gasteiger partial charge in [-0.1, -0.05) is 75.2 Å². The number of benzene rings is 3. The molecule has 2 aliphatic rings. The third-order valence-electron chi connectivity index (χ3n) is 11.4. The smallest absolute Gasteiger partial charge is 0.255 e. The van der Waals surface area contributed by atoms with Crippen LogP contribution in [0.25, 0.3) is 11.3 Å². The van der Waals surface area contributed by atoms with Crippen LogP contribution in [-0.4, -0.2) is 64.2 Å². The van der Waals surface area contributed by atoms with Crippen molar-refractivity contribution < 1.29 is 14.4 Å². The molecule has 1 aromatic heterocycles. The fourth-order valence-electron chi connectivity index (χ4n) is 8.39. The predicted octanol–water partition coefficient (Wildman–Crippen LogP) is 7.56. The Morgan fingerprint density at radius 2 is 1.50 bits per heavy atom. The standard InChI is InChI=1S/C45H58N4O2.CH3NO/c1-8-10-20-39-32(4)47(7)44(40(39)21-11-9-2)41-25-35-22-23-48(43(50)27-34-17-13-14-18-36(34)28-46(5)6)29-38(35)26-42(41)45(51)49-30-37-19-15-12-16-33(37)24-31(49)3;2-1-3/h12-19,25-26,31H,8-11,20-24,27-30H2,1-7H3;1H,(H2,2,3)/t31-;/m1./s1. The maximum atomic E-state index is 15.0. The van der Waals surface area contributed by atoms with Crippen molar-refractivity contribution in [3.63, 3.8) is 0 Å². The van der Waals surface area contributed by atoms with Crippen molar-refractivity contribution in [2.75, 3.05) is 20.6 Å². The maximum Gasteiger partial charge on any atom is 0.255 e. The van der Waals surface area contributed by atoms with Crippen molar-refractivity contribution in [3.8, 4) is 11.3 Å². The lowest BCUT2D eigenvalue weighted by atomic mass is 9.87. The van der Waals surface area contributed by atoms with E-state index in [0.29, 0.717) is 26.1 Å². The van der Waals surface area contributed by atoms with E-state index >= 15 is 4.79 Å². The molecule has 4 aromatic rings. The average Bonchev–Trinajstić information content (AvgIpc) is 3.39. The monoisotopic (exact) mass is 731 g/mol. The van der Waals surface area contributed by atoms with Gasteiger partial charge in [-0.2, -0.15) is 0 Å². The summed E-state index contributed by atoms with van der Waals surface area (Å²) in [4.78, 5) is 43.7. The molecule has 0 saturated heterocycles. The maximum absolute atomic E-state index is 15.0. The molecular formula is C46H61N5O3. The minimum absolute atomic E-state index is 0.0891. The highest BCUT2D eigenvalue weighted by molar-refractivity contribution is 6.02. The van der Waals surface area contributed by atoms with Gasteiger partial charge in [-0.3, -0.25) is 14.4 Å². The quantitative estimate of drug-likeness (QED) is 0.152. The number of nitrogens with two attached hydrogens (primary N) is 1. The zero-order valence-electron chi connectivity index (χ0n) is 33.7. The van der Waals surface area contributed by atoms with Crippen molar-refractivity contribution >= 4 is 18.2 Å². The number of aromatic nitrogens is 1. The Kier molecular flexibility index (Phi) is 13.9. The molecule has 0 unspecified atom stereocenters. The molecule has 0 spiro atoms. The van der Waals surface area contributed by atoms with Crippen molar-refractivity contribution in [2.45, 2.75) is 111 Å². The van der Waals surface area contributed by atoms with Crippen molar-refractivity contribution in [3.05, 3.63) is 116 Å². The molecule has 2 aliphatic heterocycles. The van der Waals surface area contributed by atoms with Crippen molar-refractivity contribution in [2.24, 2.45) is 12.8 Å². The Morgan fingerprint density at radius 1 is 0.870 bits per heavy atom. The zero-order chi connectivity index (χ0) is 38.9. The lowest BCUT2D eigenvalue weighted by Crippen LogP contribution is -2.43. The second kappa shape index (κ2) is 18.6. The van der Waals surface area contributed by atoms with Crippen LogP contribution in [0.5, 0.6) is 0 Å². The van der Waals surface area contributed by atoms with Crippen LogP contribution in [0.2, 0.25) is 0 Å². The number of amides is 3. The van der Waals surface area contributed by atoms with Gasteiger partial charge < -0.3 is 25.0 Å². The van der Waals surface area contributed by atoms with E-state index in [1.165, 1.54) is 44.8 Å². The van der Waals surface area contributed by atoms with Gasteiger partial charge in [0.25, 0.3) is 5.91 Å². The summed E-state index contributed by atoms with van der Waals surface area (Å²) in [5.41, 5.74) is 18.6. The van der Waals surface area contributed by atoms with Crippen LogP contribution in [-0.2, 0) is 68.4 Å². The van der Waals surface area contributed by atoms with Gasteiger partial charge in [0.15, 0.2) is 0 Å². The van der Waals surface area contributed by atoms with E-state index < -0.39 is 0 Å². The summed E-state index contributed by atoms with van der Waals surface area (Å²) in [7, 11) is 6.32. The van der Waals surface area contributed by atoms with Crippen molar-refractivity contribution in [1.29, 1.82) is 0 Å². The topological polar surface area (TPSA) is 91.9 Å². The van der Waals surface area contributed by atoms with E-state index in [4.69, 9.17) is 4.79 Å². The lowest BCUT2D eigenvalue weighted by molar-refractivity contribution is -0.131. The molecule has 2 N–H and O–H groups in total. The van der Waals surface area contributed by atoms with E-state index in [-0.39, 0.29) is 24.3 Å². The average molecular weight is 732 g/mol. The van der Waals surface area contributed by atoms with E-state index in [0.717, 1.165) is 80.2 Å². The van der Waals surface area contributed by atoms with E-state index in [1.807, 2.05) is 11.0 Å². The molecule has 3 amide bonds. The number of carbonyl (C=O) groups is 3. The first-order valence-electron chi connectivity index (χ1n) is 19.9. The van der Waals surface area contributed by atoms with Gasteiger partial charge in [-0.05, 0) is 123 Å². The fraction of sp³-hybridized carbons (Fsp3) is 0.457. The Bertz CT molecular complexity index is 1940. The largest absolute Gasteiger partial charge is 0.372 e. The number of rotatable bonds is 12. The summed E-state index contributed by atoms with van der Waals surface area (Å²) < 4.78 is 2.37. The molecule has 6 rings (SSSR count). The molecule has 0 bridgehead atoms. The molecule has 0 aliphatic carbocycles. The third-order valence-corrected chi connectivity index (χ3v) is 11.4. The van der Waals surface area contributed by atoms with E-state index in [9.17, 15) is 4.79 Å². The number of nitrogens with zero attached hydrogens (tertiary/aromatic N) is 4. The Morgan fingerprint density at radius 3 is 2.17 bits per heavy atom. The highest BCUT2D eigenvalue weighted by Crippen LogP contribution is 2.39. The highest BCUT2D eigenvalue weighted by atomic mass is 16.2. The van der Waals surface area contributed by atoms with Crippen LogP contribution in [0.15, 0.2) is 60.7 Å². The number of fused-ring (bicyclic) bond motifs is 2. The predicted molar refractivity (Wildman–Crippen MR) is 219 cm³/mol. The summed E-state index contributed by atoms with van der Waals surface area (Å²) in [5, 5.41) is 0. The van der Waals surface area contributed by atoms with Crippen LogP contribution in [0.4, 0.5) is 0 Å². The van der Waals surface area contributed by atoms with E-state index in [1.54, 1.807) is 0 Å². The van der Waals surface area contributed by atoms with E-state index in [2.05, 4.69) is 124 Å². The highest BCUT2D eigenvalue weighted by Gasteiger charge is 2.33. The number of hydrogen-bond donors (Lipinski definition) is 1. The Hall–Kier alpha value is -4.69. The normalized spacial score (nSPS) is 15.0. The number of primary amides is 1. The second-order valence-electron chi connectivity index (χ2n) is 15.5. The Labute approximate surface area is 323 Å². The summed E-state index contributed by atoms with van der Waals surface area (Å²) in [5.74, 6) is 0.233. The third kappa shape index (κ3) is 8.98. The molecule has 8 heteroatoms. The van der Waals surface area contributed by atoms with Crippen LogP contribution >= 0.6 is 0 Å². The van der Waals surface area contributed by atoms with Crippen LogP contribution in [0, 0.1) is 6.92 Å². The molecule has 54 heavy (non-hydrogen) atoms. The van der Waals surface area contributed by atoms with Gasteiger partial charge in [0.1, 0.15) is 0 Å². The molecule has 0 saturated carbocycles. The molecule has 1 atom stereocenters. The first-order valence-corrected chi connectivity index (χ1v) is 19.9. The fourth-order valence-corrected chi connectivity index (χ4v) is 8.39. The summed E-state index contributed by atoms with van der Waals surface area (Å²) in [6.07, 6.45) is 8.93. The summed E-state index contributed by atoms with van der Waals surface area (Å²) >= 11 is 0. The zero-order valence-corrected chi connectivity index (χ0v) is 33.7. The van der Waals surface area contributed by atoms with Gasteiger partial charge in [-0.15, -0.1) is 0 Å². The first kappa shape index (κ1) is 40.5. The van der Waals surface area contributed by atoms with Crippen LogP contribution in [0.1, 0.15) is 107 Å². The summed E-state index contributed by atoms with van der Waals surface area (Å²) in [6.45, 7) is 11.6. The number of unbranched alkanes of at least 4 members (excludes halogenated alkanes) is 2. The SMILES string of the molecule is CCCCc1c(CCCC)c(-c2cc3c(cc2C(=O)N2Cc4ccccc4C[C@H]2C)CN(C(=O)Cc2ccccc2CN(C)C)CC3)n(C)c1C.NC=O. The van der Waals surface area contributed by atoms with Crippen molar-refractivity contribution in [1.82, 2.24) is 19.3 Å². The van der Waals surface area contributed by atoms with Gasteiger partial charge in [-0.25, -0.2) is 0 Å². The molecule has 3 aromatic carbocycles. The minimum Gasteiger partial charge on any atom is -0.372 e. The van der Waals surface area contributed by atoms with Gasteiger partial charge in [0, 0.05) is 56.1 Å². The summed E-state index contributed by atoms with van der Waals surface area (Å²) in [6, 6.07) is 21.4. The Balaban J connectivity index is 0.00000181. The van der Waals surface area contributed by atoms with Crippen LogP contribution in [0.3, 0.4) is 0 Å². The van der Waals surface area contributed by atoms with Crippen LogP contribution < -0.4 is 5.73 Å². The molecule has 3 heterocycles. The minimum atomic E-state index is 0.0891.